The first-order chi connectivity index (χ1) is 16.8. The number of ether oxygens (including phenoxy) is 1. The zero-order valence-electron chi connectivity index (χ0n) is 18.7. The van der Waals surface area contributed by atoms with Crippen LogP contribution in [0.3, 0.4) is 0 Å². The van der Waals surface area contributed by atoms with Gasteiger partial charge in [-0.15, -0.1) is 10.2 Å². The summed E-state index contributed by atoms with van der Waals surface area (Å²) in [4.78, 5) is 18.3. The van der Waals surface area contributed by atoms with Crippen molar-refractivity contribution in [1.82, 2.24) is 19.7 Å². The van der Waals surface area contributed by atoms with E-state index in [4.69, 9.17) is 4.74 Å². The van der Waals surface area contributed by atoms with Crippen LogP contribution in [0, 0.1) is 0 Å². The first kappa shape index (κ1) is 21.2. The summed E-state index contributed by atoms with van der Waals surface area (Å²) in [7, 11) is 0. The van der Waals surface area contributed by atoms with Crippen molar-refractivity contribution >= 4 is 39.9 Å². The third-order valence-electron chi connectivity index (χ3n) is 6.27. The number of amides is 1. The first-order valence-corrected chi connectivity index (χ1v) is 12.6. The molecule has 4 aromatic rings. The van der Waals surface area contributed by atoms with Crippen LogP contribution in [0.15, 0.2) is 59.9 Å². The average Bonchev–Trinajstić information content (AvgIpc) is 3.49. The van der Waals surface area contributed by atoms with Crippen LogP contribution in [0.1, 0.15) is 18.9 Å². The number of morpholine rings is 1. The number of anilines is 2. The van der Waals surface area contributed by atoms with Crippen molar-refractivity contribution in [2.24, 2.45) is 0 Å². The summed E-state index contributed by atoms with van der Waals surface area (Å²) in [6, 6.07) is 16.6. The minimum Gasteiger partial charge on any atom is -0.378 e. The molecule has 1 saturated heterocycles. The van der Waals surface area contributed by atoms with Crippen LogP contribution in [0.2, 0.25) is 0 Å². The number of aromatic nitrogens is 4. The molecule has 9 heteroatoms. The second-order valence-electron chi connectivity index (χ2n) is 8.64. The normalized spacial score (nSPS) is 16.2. The second kappa shape index (κ2) is 9.15. The summed E-state index contributed by atoms with van der Waals surface area (Å²) in [5.41, 5.74) is 4.08. The number of aromatic amines is 1. The van der Waals surface area contributed by atoms with Crippen LogP contribution in [0.25, 0.3) is 22.3 Å². The molecule has 0 radical (unpaired) electrons. The van der Waals surface area contributed by atoms with Crippen molar-refractivity contribution in [3.8, 4) is 11.4 Å². The molecule has 2 aliphatic rings. The zero-order chi connectivity index (χ0) is 22.9. The van der Waals surface area contributed by atoms with E-state index in [0.29, 0.717) is 6.04 Å². The summed E-state index contributed by atoms with van der Waals surface area (Å²) >= 11 is 1.44. The van der Waals surface area contributed by atoms with Gasteiger partial charge in [-0.25, -0.2) is 0 Å². The number of carbonyl (C=O) groups excluding carboxylic acids is 1. The van der Waals surface area contributed by atoms with E-state index in [1.54, 1.807) is 0 Å². The molecular formula is C25H26N6O2S. The van der Waals surface area contributed by atoms with Gasteiger partial charge in [0.2, 0.25) is 5.91 Å². The van der Waals surface area contributed by atoms with E-state index >= 15 is 0 Å². The van der Waals surface area contributed by atoms with Crippen molar-refractivity contribution in [2.75, 3.05) is 42.3 Å². The fourth-order valence-corrected chi connectivity index (χ4v) is 5.19. The van der Waals surface area contributed by atoms with Crippen LogP contribution < -0.4 is 10.2 Å². The third-order valence-corrected chi connectivity index (χ3v) is 7.21. The molecule has 0 unspecified atom stereocenters. The number of benzene rings is 2. The van der Waals surface area contributed by atoms with Gasteiger partial charge in [-0.05, 0) is 43.2 Å². The predicted octanol–water partition coefficient (Wildman–Crippen LogP) is 4.33. The minimum absolute atomic E-state index is 0.0527. The quantitative estimate of drug-likeness (QED) is 0.388. The van der Waals surface area contributed by atoms with Gasteiger partial charge >= 0.3 is 0 Å². The molecule has 1 amide bonds. The highest BCUT2D eigenvalue weighted by Gasteiger charge is 2.31. The molecule has 8 nitrogen and oxygen atoms in total. The molecule has 3 heterocycles. The van der Waals surface area contributed by atoms with Crippen molar-refractivity contribution in [3.63, 3.8) is 0 Å². The lowest BCUT2D eigenvalue weighted by atomic mass is 10.1. The Kier molecular flexibility index (Phi) is 5.72. The van der Waals surface area contributed by atoms with Crippen LogP contribution in [-0.2, 0) is 9.53 Å². The highest BCUT2D eigenvalue weighted by molar-refractivity contribution is 7.99. The van der Waals surface area contributed by atoms with Gasteiger partial charge in [0, 0.05) is 53.2 Å². The molecule has 0 spiro atoms. The fourth-order valence-electron chi connectivity index (χ4n) is 4.38. The fraction of sp³-hybridized carbons (Fsp3) is 0.320. The van der Waals surface area contributed by atoms with Gasteiger partial charge in [0.05, 0.1) is 19.0 Å². The molecule has 1 aliphatic heterocycles. The number of para-hydroxylation sites is 1. The van der Waals surface area contributed by atoms with Crippen molar-refractivity contribution in [1.29, 1.82) is 0 Å². The summed E-state index contributed by atoms with van der Waals surface area (Å²) < 4.78 is 7.61. The maximum absolute atomic E-state index is 12.7. The molecule has 2 aromatic carbocycles. The molecule has 0 atom stereocenters. The molecule has 0 bridgehead atoms. The maximum Gasteiger partial charge on any atom is 0.234 e. The number of hydrogen-bond donors (Lipinski definition) is 2. The summed E-state index contributed by atoms with van der Waals surface area (Å²) in [5, 5.41) is 13.9. The monoisotopic (exact) mass is 474 g/mol. The van der Waals surface area contributed by atoms with E-state index in [0.717, 1.165) is 78.0 Å². The third kappa shape index (κ3) is 4.28. The SMILES string of the molecule is O=C(CSc1nnc(-c2c[nH]c3ccccc23)n1C1CC1)Nc1ccc(N2CCOCC2)cc1. The largest absolute Gasteiger partial charge is 0.378 e. The number of hydrogen-bond acceptors (Lipinski definition) is 6. The highest BCUT2D eigenvalue weighted by atomic mass is 32.2. The Morgan fingerprint density at radius 2 is 1.88 bits per heavy atom. The average molecular weight is 475 g/mol. The number of nitrogens with one attached hydrogen (secondary N) is 2. The topological polar surface area (TPSA) is 88.1 Å². The Bertz CT molecular complexity index is 1300. The number of nitrogens with zero attached hydrogens (tertiary/aromatic N) is 4. The Labute approximate surface area is 201 Å². The van der Waals surface area contributed by atoms with E-state index in [9.17, 15) is 4.79 Å². The number of rotatable bonds is 7. The predicted molar refractivity (Wildman–Crippen MR) is 134 cm³/mol. The highest BCUT2D eigenvalue weighted by Crippen LogP contribution is 2.42. The molecule has 34 heavy (non-hydrogen) atoms. The number of carbonyl (C=O) groups is 1. The van der Waals surface area contributed by atoms with E-state index in [1.807, 2.05) is 42.6 Å². The smallest absolute Gasteiger partial charge is 0.234 e. The molecular weight excluding hydrogens is 448 g/mol. The lowest BCUT2D eigenvalue weighted by molar-refractivity contribution is -0.113. The van der Waals surface area contributed by atoms with Crippen molar-refractivity contribution in [3.05, 3.63) is 54.7 Å². The Hall–Kier alpha value is -3.30. The Balaban J connectivity index is 1.13. The molecule has 1 saturated carbocycles. The van der Waals surface area contributed by atoms with E-state index in [-0.39, 0.29) is 11.7 Å². The lowest BCUT2D eigenvalue weighted by Crippen LogP contribution is -2.36. The Morgan fingerprint density at radius 3 is 2.68 bits per heavy atom. The number of H-pyrrole nitrogens is 1. The summed E-state index contributed by atoms with van der Waals surface area (Å²) in [6.07, 6.45) is 4.22. The van der Waals surface area contributed by atoms with Crippen LogP contribution in [-0.4, -0.2) is 57.7 Å². The van der Waals surface area contributed by atoms with Crippen molar-refractivity contribution in [2.45, 2.75) is 24.0 Å². The molecule has 1 aliphatic carbocycles. The van der Waals surface area contributed by atoms with Gasteiger partial charge in [-0.1, -0.05) is 30.0 Å². The molecule has 2 fully saturated rings. The summed E-state index contributed by atoms with van der Waals surface area (Å²) in [5.74, 6) is 1.09. The van der Waals surface area contributed by atoms with Gasteiger partial charge in [0.25, 0.3) is 0 Å². The first-order valence-electron chi connectivity index (χ1n) is 11.6. The van der Waals surface area contributed by atoms with E-state index < -0.39 is 0 Å². The lowest BCUT2D eigenvalue weighted by Gasteiger charge is -2.28. The maximum atomic E-state index is 12.7. The van der Waals surface area contributed by atoms with Crippen molar-refractivity contribution < 1.29 is 9.53 Å². The van der Waals surface area contributed by atoms with Gasteiger partial charge in [0.15, 0.2) is 11.0 Å². The minimum atomic E-state index is -0.0527. The molecule has 6 rings (SSSR count). The van der Waals surface area contributed by atoms with Gasteiger partial charge in [-0.2, -0.15) is 0 Å². The second-order valence-corrected chi connectivity index (χ2v) is 9.58. The Morgan fingerprint density at radius 1 is 1.09 bits per heavy atom. The molecule has 2 aromatic heterocycles. The van der Waals surface area contributed by atoms with E-state index in [1.165, 1.54) is 11.8 Å². The van der Waals surface area contributed by atoms with Gasteiger partial charge < -0.3 is 19.9 Å². The molecule has 174 valence electrons. The van der Waals surface area contributed by atoms with Crippen LogP contribution in [0.4, 0.5) is 11.4 Å². The number of fused-ring (bicyclic) bond motifs is 1. The van der Waals surface area contributed by atoms with Gasteiger partial charge in [-0.3, -0.25) is 9.36 Å². The molecule has 2 N–H and O–H groups in total. The van der Waals surface area contributed by atoms with Crippen LogP contribution in [0.5, 0.6) is 0 Å². The van der Waals surface area contributed by atoms with Crippen LogP contribution >= 0.6 is 11.8 Å². The van der Waals surface area contributed by atoms with E-state index in [2.05, 4.69) is 42.1 Å². The number of thioether (sulfide) groups is 1. The zero-order valence-corrected chi connectivity index (χ0v) is 19.6. The van der Waals surface area contributed by atoms with Gasteiger partial charge in [0.1, 0.15) is 0 Å². The summed E-state index contributed by atoms with van der Waals surface area (Å²) in [6.45, 7) is 3.29. The standard InChI is InChI=1S/C25H26N6O2S/c32-23(27-17-5-7-18(8-6-17)30-11-13-33-14-12-30)16-34-25-29-28-24(31(25)19-9-10-19)21-15-26-22-4-2-1-3-20(21)22/h1-8,15,19,26H,9-14,16H2,(H,27,32).